The van der Waals surface area contributed by atoms with Gasteiger partial charge in [0.2, 0.25) is 11.6 Å². The van der Waals surface area contributed by atoms with Gasteiger partial charge in [-0.2, -0.15) is 4.98 Å². The van der Waals surface area contributed by atoms with Crippen LogP contribution in [0.2, 0.25) is 0 Å². The molecule has 27 heavy (non-hydrogen) atoms. The van der Waals surface area contributed by atoms with Crippen molar-refractivity contribution in [2.24, 2.45) is 0 Å². The van der Waals surface area contributed by atoms with Gasteiger partial charge in [-0.25, -0.2) is 9.59 Å². The molecule has 4 rings (SSSR count). The van der Waals surface area contributed by atoms with Crippen LogP contribution in [0.15, 0.2) is 45.6 Å². The van der Waals surface area contributed by atoms with Gasteiger partial charge in [-0.1, -0.05) is 18.2 Å². The molecule has 1 saturated heterocycles. The second-order valence-corrected chi connectivity index (χ2v) is 6.82. The average molecular weight is 364 g/mol. The van der Waals surface area contributed by atoms with Crippen LogP contribution in [0.25, 0.3) is 22.2 Å². The van der Waals surface area contributed by atoms with Crippen molar-refractivity contribution in [2.75, 3.05) is 6.54 Å². The second-order valence-electron chi connectivity index (χ2n) is 6.82. The maximum Gasteiger partial charge on any atom is 0.338 e. The third-order valence-corrected chi connectivity index (χ3v) is 4.88. The summed E-state index contributed by atoms with van der Waals surface area (Å²) in [6.07, 6.45) is 1.69. The Hall–Kier alpha value is -2.99. The van der Waals surface area contributed by atoms with Crippen LogP contribution in [0.1, 0.15) is 24.0 Å². The number of carbonyl (C=O) groups is 1. The Labute approximate surface area is 156 Å². The smallest absolute Gasteiger partial charge is 0.338 e. The highest BCUT2D eigenvalue weighted by molar-refractivity contribution is 5.93. The first-order valence-electron chi connectivity index (χ1n) is 8.99. The number of hydrogen-bond acceptors (Lipinski definition) is 6. The molecule has 1 atom stereocenters. The predicted molar refractivity (Wildman–Crippen MR) is 102 cm³/mol. The zero-order chi connectivity index (χ0) is 19.0. The molecule has 0 radical (unpaired) electrons. The van der Waals surface area contributed by atoms with E-state index in [9.17, 15) is 9.59 Å². The van der Waals surface area contributed by atoms with Crippen molar-refractivity contribution in [2.45, 2.75) is 32.7 Å². The number of benzene rings is 1. The van der Waals surface area contributed by atoms with E-state index in [-0.39, 0.29) is 23.6 Å². The van der Waals surface area contributed by atoms with Gasteiger partial charge in [0.15, 0.2) is 0 Å². The van der Waals surface area contributed by atoms with E-state index in [4.69, 9.17) is 9.15 Å². The van der Waals surface area contributed by atoms with Crippen molar-refractivity contribution < 1.29 is 13.9 Å². The summed E-state index contributed by atoms with van der Waals surface area (Å²) in [4.78, 5) is 28.6. The third-order valence-electron chi connectivity index (χ3n) is 4.88. The molecule has 2 aromatic heterocycles. The summed E-state index contributed by atoms with van der Waals surface area (Å²) in [6, 6.07) is 10.6. The number of rotatable bonds is 3. The molecule has 1 fully saturated rings. The molecule has 0 bridgehead atoms. The van der Waals surface area contributed by atoms with Crippen LogP contribution in [-0.4, -0.2) is 23.5 Å². The fourth-order valence-corrected chi connectivity index (χ4v) is 3.59. The van der Waals surface area contributed by atoms with Gasteiger partial charge < -0.3 is 14.5 Å². The van der Waals surface area contributed by atoms with Crippen LogP contribution >= 0.6 is 0 Å². The number of carbonyl (C=O) groups excluding carboxylic acids is 1. The van der Waals surface area contributed by atoms with E-state index in [0.29, 0.717) is 5.39 Å². The SMILES string of the molecule is Cc1cccc(C)c1-c1cc(=O)oc2nc(OC(=O)[C@@H]3CCCN3)ccc12. The number of ether oxygens (including phenoxy) is 1. The van der Waals surface area contributed by atoms with E-state index in [1.54, 1.807) is 12.1 Å². The Morgan fingerprint density at radius 3 is 2.70 bits per heavy atom. The first-order valence-corrected chi connectivity index (χ1v) is 8.99. The molecule has 3 heterocycles. The van der Waals surface area contributed by atoms with Crippen LogP contribution in [0.5, 0.6) is 5.88 Å². The number of nitrogens with zero attached hydrogens (tertiary/aromatic N) is 1. The monoisotopic (exact) mass is 364 g/mol. The van der Waals surface area contributed by atoms with Crippen molar-refractivity contribution in [3.63, 3.8) is 0 Å². The van der Waals surface area contributed by atoms with Crippen molar-refractivity contribution >= 4 is 17.1 Å². The maximum atomic E-state index is 12.2. The lowest BCUT2D eigenvalue weighted by atomic mass is 9.94. The highest BCUT2D eigenvalue weighted by atomic mass is 16.5. The average Bonchev–Trinajstić information content (AvgIpc) is 3.16. The molecule has 0 unspecified atom stereocenters. The molecule has 1 aliphatic heterocycles. The van der Waals surface area contributed by atoms with Crippen LogP contribution in [0.4, 0.5) is 0 Å². The first kappa shape index (κ1) is 17.4. The number of nitrogens with one attached hydrogen (secondary N) is 1. The van der Waals surface area contributed by atoms with E-state index in [1.807, 2.05) is 32.0 Å². The molecule has 1 N–H and O–H groups in total. The zero-order valence-electron chi connectivity index (χ0n) is 15.2. The summed E-state index contributed by atoms with van der Waals surface area (Å²) >= 11 is 0. The van der Waals surface area contributed by atoms with E-state index in [1.165, 1.54) is 6.07 Å². The van der Waals surface area contributed by atoms with Gasteiger partial charge in [-0.15, -0.1) is 0 Å². The number of aryl methyl sites for hydroxylation is 2. The fourth-order valence-electron chi connectivity index (χ4n) is 3.59. The third kappa shape index (κ3) is 3.36. The molecule has 3 aromatic rings. The van der Waals surface area contributed by atoms with Crippen molar-refractivity contribution in [1.82, 2.24) is 10.3 Å². The minimum Gasteiger partial charge on any atom is -0.406 e. The molecular weight excluding hydrogens is 344 g/mol. The second kappa shape index (κ2) is 6.96. The van der Waals surface area contributed by atoms with Crippen molar-refractivity contribution in [3.05, 3.63) is 57.9 Å². The van der Waals surface area contributed by atoms with Crippen molar-refractivity contribution in [1.29, 1.82) is 0 Å². The minimum absolute atomic E-state index is 0.128. The lowest BCUT2D eigenvalue weighted by Gasteiger charge is -2.12. The highest BCUT2D eigenvalue weighted by Gasteiger charge is 2.24. The summed E-state index contributed by atoms with van der Waals surface area (Å²) < 4.78 is 10.6. The summed E-state index contributed by atoms with van der Waals surface area (Å²) in [5.74, 6) is -0.240. The maximum absolute atomic E-state index is 12.2. The van der Waals surface area contributed by atoms with Crippen molar-refractivity contribution in [3.8, 4) is 17.0 Å². The van der Waals surface area contributed by atoms with E-state index in [2.05, 4.69) is 10.3 Å². The van der Waals surface area contributed by atoms with E-state index < -0.39 is 5.63 Å². The number of pyridine rings is 1. The predicted octanol–water partition coefficient (Wildman–Crippen LogP) is 3.13. The quantitative estimate of drug-likeness (QED) is 0.719. The Kier molecular flexibility index (Phi) is 4.49. The standard InChI is InChI=1S/C21H20N2O4/c1-12-5-3-6-13(2)19(12)15-11-18(24)27-20-14(15)8-9-17(23-20)26-21(25)16-7-4-10-22-16/h3,5-6,8-9,11,16,22H,4,7,10H2,1-2H3/t16-/m0/s1. The Balaban J connectivity index is 1.77. The Morgan fingerprint density at radius 2 is 2.00 bits per heavy atom. The van der Waals surface area contributed by atoms with Crippen LogP contribution in [0.3, 0.4) is 0 Å². The summed E-state index contributed by atoms with van der Waals surface area (Å²) in [5, 5.41) is 3.79. The van der Waals surface area contributed by atoms with E-state index >= 15 is 0 Å². The molecule has 1 aromatic carbocycles. The normalized spacial score (nSPS) is 16.6. The molecule has 1 aliphatic rings. The highest BCUT2D eigenvalue weighted by Crippen LogP contribution is 2.32. The number of aromatic nitrogens is 1. The zero-order valence-corrected chi connectivity index (χ0v) is 15.2. The van der Waals surface area contributed by atoms with Gasteiger partial charge in [0.1, 0.15) is 6.04 Å². The topological polar surface area (TPSA) is 81.4 Å². The minimum atomic E-state index is -0.492. The molecule has 0 aliphatic carbocycles. The van der Waals surface area contributed by atoms with E-state index in [0.717, 1.165) is 41.6 Å². The summed E-state index contributed by atoms with van der Waals surface area (Å²) in [7, 11) is 0. The van der Waals surface area contributed by atoms with Gasteiger partial charge in [0.25, 0.3) is 0 Å². The van der Waals surface area contributed by atoms with Gasteiger partial charge in [-0.3, -0.25) is 0 Å². The Morgan fingerprint density at radius 1 is 1.22 bits per heavy atom. The number of fused-ring (bicyclic) bond motifs is 1. The molecule has 0 amide bonds. The molecule has 6 nitrogen and oxygen atoms in total. The first-order chi connectivity index (χ1) is 13.0. The largest absolute Gasteiger partial charge is 0.406 e. The molecule has 6 heteroatoms. The van der Waals surface area contributed by atoms with Crippen LogP contribution < -0.4 is 15.7 Å². The summed E-state index contributed by atoms with van der Waals surface area (Å²) in [6.45, 7) is 4.81. The molecular formula is C21H20N2O4. The lowest BCUT2D eigenvalue weighted by molar-refractivity contribution is -0.136. The van der Waals surface area contributed by atoms with Gasteiger partial charge in [-0.05, 0) is 56.0 Å². The molecule has 138 valence electrons. The van der Waals surface area contributed by atoms with Crippen LogP contribution in [-0.2, 0) is 4.79 Å². The summed E-state index contributed by atoms with van der Waals surface area (Å²) in [5.41, 5.74) is 3.53. The van der Waals surface area contributed by atoms with Gasteiger partial charge in [0, 0.05) is 23.1 Å². The molecule has 0 saturated carbocycles. The fraction of sp³-hybridized carbons (Fsp3) is 0.286. The molecule has 0 spiro atoms. The number of esters is 1. The Bertz CT molecular complexity index is 1060. The van der Waals surface area contributed by atoms with Gasteiger partial charge in [0.05, 0.1) is 0 Å². The van der Waals surface area contributed by atoms with Crippen LogP contribution in [0, 0.1) is 13.8 Å². The van der Waals surface area contributed by atoms with Gasteiger partial charge >= 0.3 is 11.6 Å². The number of hydrogen-bond donors (Lipinski definition) is 1. The lowest BCUT2D eigenvalue weighted by Crippen LogP contribution is -2.34.